The molecule has 0 saturated carbocycles. The smallest absolute Gasteiger partial charge is 0.485 e. The summed E-state index contributed by atoms with van der Waals surface area (Å²) in [4.78, 5) is 0. The van der Waals surface area contributed by atoms with E-state index in [1.807, 2.05) is 36.4 Å². The Bertz CT molecular complexity index is 764. The number of rotatable bonds is 1. The highest BCUT2D eigenvalue weighted by Crippen LogP contribution is 2.20. The molecule has 0 heterocycles. The molecule has 3 nitrogen and oxygen atoms in total. The average molecular weight is 454 g/mol. The van der Waals surface area contributed by atoms with Gasteiger partial charge in [-0.3, -0.25) is 0 Å². The molecule has 2 aromatic carbocycles. The monoisotopic (exact) mass is 454 g/mol. The fraction of sp³-hybridized carbons (Fsp3) is 0.0667. The summed E-state index contributed by atoms with van der Waals surface area (Å²) in [5.41, 5.74) is -4.54. The Kier molecular flexibility index (Phi) is 7.54. The first-order chi connectivity index (χ1) is 10.7. The van der Waals surface area contributed by atoms with Gasteiger partial charge in [0.25, 0.3) is 0 Å². The normalized spacial score (nSPS) is 10.8. The molecule has 2 rings (SSSR count). The van der Waals surface area contributed by atoms with Crippen LogP contribution in [-0.2, 0) is 10.1 Å². The number of alkyl halides is 3. The number of benzene rings is 2. The first kappa shape index (κ1) is 19.5. The summed E-state index contributed by atoms with van der Waals surface area (Å²) in [6, 6.07) is 20.6. The quantitative estimate of drug-likeness (QED) is 0.264. The molecule has 0 aromatic heterocycles. The second-order valence-corrected chi connectivity index (χ2v) is 7.57. The van der Waals surface area contributed by atoms with Crippen LogP contribution in [-0.4, -0.2) is 18.5 Å². The lowest BCUT2D eigenvalue weighted by Gasteiger charge is -2.08. The van der Waals surface area contributed by atoms with Gasteiger partial charge in [0.15, 0.2) is 14.0 Å². The van der Waals surface area contributed by atoms with Crippen molar-refractivity contribution in [1.82, 2.24) is 0 Å². The van der Waals surface area contributed by atoms with Crippen molar-refractivity contribution >= 4 is 10.1 Å². The molecular weight excluding hydrogens is 444 g/mol. The van der Waals surface area contributed by atoms with Gasteiger partial charge in [0.1, 0.15) is 0 Å². The molecule has 0 spiro atoms. The highest BCUT2D eigenvalue weighted by atomic mass is 127. The highest BCUT2D eigenvalue weighted by molar-refractivity contribution is 7.86. The lowest BCUT2D eigenvalue weighted by Crippen LogP contribution is -3.59. The van der Waals surface area contributed by atoms with Crippen LogP contribution in [0.2, 0.25) is 0 Å². The molecule has 0 aliphatic carbocycles. The summed E-state index contributed by atoms with van der Waals surface area (Å²) in [5, 5.41) is 0. The van der Waals surface area contributed by atoms with Gasteiger partial charge in [0, 0.05) is 5.56 Å². The van der Waals surface area contributed by atoms with Crippen molar-refractivity contribution in [3.63, 3.8) is 0 Å². The maximum absolute atomic E-state index is 10.7. The Morgan fingerprint density at radius 3 is 1.78 bits per heavy atom. The van der Waals surface area contributed by atoms with E-state index < -0.39 is 15.6 Å². The fourth-order valence-corrected chi connectivity index (χ4v) is 2.66. The third-order valence-corrected chi connectivity index (χ3v) is 4.59. The van der Waals surface area contributed by atoms with Crippen LogP contribution in [0.15, 0.2) is 60.7 Å². The van der Waals surface area contributed by atoms with Crippen molar-refractivity contribution < 1.29 is 47.3 Å². The van der Waals surface area contributed by atoms with Crippen LogP contribution in [0.1, 0.15) is 5.56 Å². The Morgan fingerprint density at radius 1 is 0.913 bits per heavy atom. The van der Waals surface area contributed by atoms with Crippen molar-refractivity contribution in [3.05, 3.63) is 69.8 Å². The van der Waals surface area contributed by atoms with Gasteiger partial charge in [-0.15, -0.1) is 0 Å². The number of hydrogen-bond donors (Lipinski definition) is 0. The second-order valence-electron chi connectivity index (χ2n) is 3.88. The van der Waals surface area contributed by atoms with Crippen LogP contribution in [0.25, 0.3) is 0 Å². The Hall–Kier alpha value is -1.57. The Labute approximate surface area is 142 Å². The molecule has 0 amide bonds. The van der Waals surface area contributed by atoms with Crippen molar-refractivity contribution in [1.29, 1.82) is 0 Å². The van der Waals surface area contributed by atoms with E-state index in [-0.39, 0.29) is 21.2 Å². The molecule has 23 heavy (non-hydrogen) atoms. The molecule has 0 radical (unpaired) electrons. The first-order valence-electron chi connectivity index (χ1n) is 5.97. The van der Waals surface area contributed by atoms with Gasteiger partial charge in [-0.2, -0.15) is 13.2 Å². The lowest BCUT2D eigenvalue weighted by molar-refractivity contribution is -0.535. The minimum Gasteiger partial charge on any atom is -0.741 e. The minimum atomic E-state index is -6.09. The van der Waals surface area contributed by atoms with Gasteiger partial charge < -0.3 is 4.55 Å². The van der Waals surface area contributed by atoms with Gasteiger partial charge in [-0.1, -0.05) is 36.4 Å². The number of halogens is 4. The SMILES string of the molecule is C(#Cc1ccccc1)[I+]c1ccccc1.O=S(=O)([O-])C(F)(F)F. The van der Waals surface area contributed by atoms with Crippen molar-refractivity contribution in [2.45, 2.75) is 5.51 Å². The van der Waals surface area contributed by atoms with Crippen LogP contribution >= 0.6 is 0 Å². The van der Waals surface area contributed by atoms with Crippen LogP contribution in [0.4, 0.5) is 13.2 Å². The van der Waals surface area contributed by atoms with Crippen molar-refractivity contribution in [2.24, 2.45) is 0 Å². The van der Waals surface area contributed by atoms with Crippen LogP contribution in [0.3, 0.4) is 0 Å². The topological polar surface area (TPSA) is 57.2 Å². The van der Waals surface area contributed by atoms with Crippen LogP contribution in [0, 0.1) is 13.4 Å². The molecule has 0 fully saturated rings. The summed E-state index contributed by atoms with van der Waals surface area (Å²) >= 11 is -0.160. The van der Waals surface area contributed by atoms with E-state index in [2.05, 4.69) is 34.1 Å². The lowest BCUT2D eigenvalue weighted by atomic mass is 10.2. The summed E-state index contributed by atoms with van der Waals surface area (Å²) in [6.45, 7) is 0. The van der Waals surface area contributed by atoms with Crippen LogP contribution < -0.4 is 21.2 Å². The highest BCUT2D eigenvalue weighted by Gasteiger charge is 2.36. The zero-order valence-corrected chi connectivity index (χ0v) is 14.4. The first-order valence-corrected chi connectivity index (χ1v) is 9.54. The van der Waals surface area contributed by atoms with Gasteiger partial charge in [0.2, 0.25) is 3.57 Å². The zero-order valence-electron chi connectivity index (χ0n) is 11.4. The molecule has 8 heteroatoms. The molecule has 0 aliphatic heterocycles. The second kappa shape index (κ2) is 8.90. The van der Waals surface area contributed by atoms with E-state index in [1.54, 1.807) is 0 Å². The average Bonchev–Trinajstić information content (AvgIpc) is 2.48. The molecule has 0 aliphatic rings. The predicted molar refractivity (Wildman–Crippen MR) is 74.2 cm³/mol. The van der Waals surface area contributed by atoms with Crippen molar-refractivity contribution in [3.8, 4) is 9.85 Å². The molecule has 0 N–H and O–H groups in total. The largest absolute Gasteiger partial charge is 0.741 e. The predicted octanol–water partition coefficient (Wildman–Crippen LogP) is 0.00580. The summed E-state index contributed by atoms with van der Waals surface area (Å²) < 4.78 is 63.6. The van der Waals surface area contributed by atoms with E-state index in [9.17, 15) is 13.2 Å². The maximum atomic E-state index is 10.7. The summed E-state index contributed by atoms with van der Waals surface area (Å²) in [6.07, 6.45) is 0. The van der Waals surface area contributed by atoms with E-state index in [4.69, 9.17) is 13.0 Å². The number of hydrogen-bond acceptors (Lipinski definition) is 3. The van der Waals surface area contributed by atoms with E-state index >= 15 is 0 Å². The zero-order chi connectivity index (χ0) is 17.3. The molecule has 0 atom stereocenters. The van der Waals surface area contributed by atoms with Gasteiger partial charge in [-0.05, 0) is 30.2 Å². The summed E-state index contributed by atoms with van der Waals surface area (Å²) in [5.74, 6) is 3.19. The minimum absolute atomic E-state index is 0.160. The molecule has 0 saturated heterocycles. The van der Waals surface area contributed by atoms with E-state index in [0.29, 0.717) is 0 Å². The standard InChI is InChI=1S/C14H10I.CHF3O3S/c1-3-7-13(8-4-1)11-12-15-14-9-5-2-6-10-14;2-1(3,4)8(5,6)7/h1-10H;(H,5,6,7)/q+1;/p-1. The van der Waals surface area contributed by atoms with E-state index in [0.717, 1.165) is 5.56 Å². The molecule has 2 aromatic rings. The van der Waals surface area contributed by atoms with Crippen molar-refractivity contribution in [2.75, 3.05) is 0 Å². The van der Waals surface area contributed by atoms with Crippen LogP contribution in [0.5, 0.6) is 0 Å². The molecule has 122 valence electrons. The summed E-state index contributed by atoms with van der Waals surface area (Å²) in [7, 11) is -6.09. The molecular formula is C15H10F3IO3S. The Balaban J connectivity index is 0.000000284. The van der Waals surface area contributed by atoms with E-state index in [1.165, 1.54) is 3.57 Å². The fourth-order valence-electron chi connectivity index (χ4n) is 1.13. The maximum Gasteiger partial charge on any atom is 0.485 e. The Morgan fingerprint density at radius 2 is 1.35 bits per heavy atom. The molecule has 0 unspecified atom stereocenters. The third kappa shape index (κ3) is 8.01. The molecule has 0 bridgehead atoms. The third-order valence-electron chi connectivity index (χ3n) is 2.14. The van der Waals surface area contributed by atoms with Gasteiger partial charge in [-0.25, -0.2) is 8.42 Å². The van der Waals surface area contributed by atoms with Gasteiger partial charge in [0.05, 0.1) is 0 Å². The van der Waals surface area contributed by atoms with Gasteiger partial charge >= 0.3 is 26.7 Å².